The third-order valence-corrected chi connectivity index (χ3v) is 4.54. The molecular weight excluding hydrogens is 450 g/mol. The molecule has 1 atom stereocenters. The minimum atomic E-state index is -0.797. The summed E-state index contributed by atoms with van der Waals surface area (Å²) in [7, 11) is 0. The molecule has 2 rings (SSSR count). The predicted octanol–water partition coefficient (Wildman–Crippen LogP) is 5.06. The van der Waals surface area contributed by atoms with E-state index in [1.165, 1.54) is 12.1 Å². The Hall–Kier alpha value is -0.660. The van der Waals surface area contributed by atoms with Crippen molar-refractivity contribution in [2.45, 2.75) is 19.4 Å². The number of hydrogen-bond donors (Lipinski definition) is 1. The molecule has 0 heterocycles. The largest absolute Gasteiger partial charge is 0.492 e. The summed E-state index contributed by atoms with van der Waals surface area (Å²) in [6.07, 6.45) is 0.138. The topological polar surface area (TPSA) is 29.5 Å². The number of aliphatic hydroxyl groups is 1. The van der Waals surface area contributed by atoms with Crippen molar-refractivity contribution in [3.8, 4) is 5.75 Å². The average molecular weight is 465 g/mol. The van der Waals surface area contributed by atoms with Gasteiger partial charge >= 0.3 is 0 Å². The molecular formula is C16H15BrFIO2. The van der Waals surface area contributed by atoms with Crippen LogP contribution in [0.25, 0.3) is 0 Å². The quantitative estimate of drug-likeness (QED) is 0.626. The standard InChI is InChI=1S/C16H15BrFIO2/c1-2-7-21-15-6-3-10(8-13(15)17)16(20)12-5-4-11(18)9-14(12)19/h3-6,8-9,16,20H,2,7H2,1H3. The van der Waals surface area contributed by atoms with Crippen LogP contribution in [0.1, 0.15) is 30.6 Å². The summed E-state index contributed by atoms with van der Waals surface area (Å²) in [6.45, 7) is 2.69. The zero-order valence-corrected chi connectivity index (χ0v) is 15.2. The molecule has 2 aromatic rings. The molecule has 0 fully saturated rings. The Morgan fingerprint density at radius 1 is 1.29 bits per heavy atom. The second-order valence-corrected chi connectivity index (χ2v) is 6.62. The minimum absolute atomic E-state index is 0.306. The molecule has 2 nitrogen and oxygen atoms in total. The van der Waals surface area contributed by atoms with Gasteiger partial charge in [-0.05, 0) is 80.3 Å². The second-order valence-electron chi connectivity index (χ2n) is 4.61. The highest BCUT2D eigenvalue weighted by Crippen LogP contribution is 2.32. The summed E-state index contributed by atoms with van der Waals surface area (Å²) >= 11 is 5.48. The summed E-state index contributed by atoms with van der Waals surface area (Å²) in [5.41, 5.74) is 1.42. The van der Waals surface area contributed by atoms with Gasteiger partial charge in [0.05, 0.1) is 11.1 Å². The monoisotopic (exact) mass is 464 g/mol. The third kappa shape index (κ3) is 4.17. The van der Waals surface area contributed by atoms with Gasteiger partial charge in [0.2, 0.25) is 0 Å². The van der Waals surface area contributed by atoms with E-state index in [9.17, 15) is 9.50 Å². The molecule has 0 saturated carbocycles. The predicted molar refractivity (Wildman–Crippen MR) is 93.1 cm³/mol. The van der Waals surface area contributed by atoms with Crippen LogP contribution in [0.4, 0.5) is 4.39 Å². The molecule has 0 amide bonds. The Kier molecular flexibility index (Phi) is 6.01. The Bertz CT molecular complexity index is 634. The second kappa shape index (κ2) is 7.56. The summed E-state index contributed by atoms with van der Waals surface area (Å²) in [4.78, 5) is 0. The van der Waals surface area contributed by atoms with Gasteiger partial charge in [0, 0.05) is 3.57 Å². The third-order valence-electron chi connectivity index (χ3n) is 2.99. The first-order valence-electron chi connectivity index (χ1n) is 6.58. The molecule has 2 aromatic carbocycles. The van der Waals surface area contributed by atoms with Gasteiger partial charge in [0.1, 0.15) is 17.7 Å². The van der Waals surface area contributed by atoms with Gasteiger partial charge in [-0.25, -0.2) is 4.39 Å². The van der Waals surface area contributed by atoms with Crippen molar-refractivity contribution >= 4 is 38.5 Å². The fourth-order valence-corrected chi connectivity index (χ4v) is 3.20. The molecule has 0 bridgehead atoms. The molecule has 1 unspecified atom stereocenters. The van der Waals surface area contributed by atoms with Crippen LogP contribution >= 0.6 is 38.5 Å². The van der Waals surface area contributed by atoms with Crippen LogP contribution < -0.4 is 4.74 Å². The number of halogens is 3. The fourth-order valence-electron chi connectivity index (χ4n) is 1.92. The normalized spacial score (nSPS) is 12.2. The van der Waals surface area contributed by atoms with Crippen molar-refractivity contribution in [2.75, 3.05) is 6.61 Å². The van der Waals surface area contributed by atoms with E-state index >= 15 is 0 Å². The van der Waals surface area contributed by atoms with Crippen molar-refractivity contribution in [1.82, 2.24) is 0 Å². The van der Waals surface area contributed by atoms with E-state index in [2.05, 4.69) is 15.9 Å². The van der Waals surface area contributed by atoms with Crippen LogP contribution in [0.5, 0.6) is 5.75 Å². The van der Waals surface area contributed by atoms with Crippen molar-refractivity contribution in [1.29, 1.82) is 0 Å². The molecule has 0 radical (unpaired) electrons. The van der Waals surface area contributed by atoms with Crippen LogP contribution in [0.2, 0.25) is 0 Å². The van der Waals surface area contributed by atoms with Crippen LogP contribution in [0, 0.1) is 9.39 Å². The maximum Gasteiger partial charge on any atom is 0.133 e. The molecule has 0 spiro atoms. The number of aliphatic hydroxyl groups excluding tert-OH is 1. The lowest BCUT2D eigenvalue weighted by atomic mass is 10.0. The SMILES string of the molecule is CCCOc1ccc(C(O)c2ccc(F)cc2I)cc1Br. The number of benzene rings is 2. The van der Waals surface area contributed by atoms with Gasteiger partial charge in [-0.3, -0.25) is 0 Å². The highest BCUT2D eigenvalue weighted by molar-refractivity contribution is 14.1. The Morgan fingerprint density at radius 2 is 2.05 bits per heavy atom. The number of rotatable bonds is 5. The van der Waals surface area contributed by atoms with E-state index in [4.69, 9.17) is 4.74 Å². The zero-order valence-electron chi connectivity index (χ0n) is 11.4. The molecule has 0 aromatic heterocycles. The molecule has 0 aliphatic heterocycles. The molecule has 0 saturated heterocycles. The summed E-state index contributed by atoms with van der Waals surface area (Å²) in [6, 6.07) is 9.85. The number of ether oxygens (including phenoxy) is 1. The lowest BCUT2D eigenvalue weighted by molar-refractivity contribution is 0.219. The van der Waals surface area contributed by atoms with E-state index in [0.29, 0.717) is 15.7 Å². The molecule has 0 aliphatic rings. The van der Waals surface area contributed by atoms with Crippen molar-refractivity contribution in [3.63, 3.8) is 0 Å². The molecule has 5 heteroatoms. The van der Waals surface area contributed by atoms with E-state index < -0.39 is 6.10 Å². The minimum Gasteiger partial charge on any atom is -0.492 e. The van der Waals surface area contributed by atoms with E-state index in [1.54, 1.807) is 6.07 Å². The van der Waals surface area contributed by atoms with Gasteiger partial charge in [0.25, 0.3) is 0 Å². The smallest absolute Gasteiger partial charge is 0.133 e. The summed E-state index contributed by atoms with van der Waals surface area (Å²) < 4.78 is 20.2. The van der Waals surface area contributed by atoms with Gasteiger partial charge in [0.15, 0.2) is 0 Å². The average Bonchev–Trinajstić information content (AvgIpc) is 2.45. The molecule has 0 aliphatic carbocycles. The maximum absolute atomic E-state index is 13.1. The van der Waals surface area contributed by atoms with Crippen LogP contribution in [-0.2, 0) is 0 Å². The molecule has 1 N–H and O–H groups in total. The van der Waals surface area contributed by atoms with Gasteiger partial charge < -0.3 is 9.84 Å². The highest BCUT2D eigenvalue weighted by atomic mass is 127. The summed E-state index contributed by atoms with van der Waals surface area (Å²) in [5.74, 6) is 0.446. The Labute approximate surface area is 145 Å². The van der Waals surface area contributed by atoms with Gasteiger partial charge in [-0.15, -0.1) is 0 Å². The fraction of sp³-hybridized carbons (Fsp3) is 0.250. The first kappa shape index (κ1) is 16.7. The molecule has 112 valence electrons. The van der Waals surface area contributed by atoms with Crippen molar-refractivity contribution in [3.05, 3.63) is 61.4 Å². The van der Waals surface area contributed by atoms with Gasteiger partial charge in [-0.1, -0.05) is 19.1 Å². The Balaban J connectivity index is 2.27. The van der Waals surface area contributed by atoms with Gasteiger partial charge in [-0.2, -0.15) is 0 Å². The zero-order chi connectivity index (χ0) is 15.4. The first-order chi connectivity index (χ1) is 10.0. The maximum atomic E-state index is 13.1. The lowest BCUT2D eigenvalue weighted by Gasteiger charge is -2.15. The van der Waals surface area contributed by atoms with E-state index in [1.807, 2.05) is 47.7 Å². The van der Waals surface area contributed by atoms with Crippen molar-refractivity contribution in [2.24, 2.45) is 0 Å². The van der Waals surface area contributed by atoms with E-state index in [0.717, 1.165) is 22.2 Å². The van der Waals surface area contributed by atoms with Crippen LogP contribution in [-0.4, -0.2) is 11.7 Å². The van der Waals surface area contributed by atoms with Crippen molar-refractivity contribution < 1.29 is 14.2 Å². The number of hydrogen-bond acceptors (Lipinski definition) is 2. The Morgan fingerprint density at radius 3 is 2.67 bits per heavy atom. The first-order valence-corrected chi connectivity index (χ1v) is 8.45. The van der Waals surface area contributed by atoms with Crippen LogP contribution in [0.15, 0.2) is 40.9 Å². The van der Waals surface area contributed by atoms with E-state index in [-0.39, 0.29) is 5.82 Å². The molecule has 21 heavy (non-hydrogen) atoms. The highest BCUT2D eigenvalue weighted by Gasteiger charge is 2.15. The lowest BCUT2D eigenvalue weighted by Crippen LogP contribution is -2.03. The summed E-state index contributed by atoms with van der Waals surface area (Å²) in [5, 5.41) is 10.5. The van der Waals surface area contributed by atoms with Crippen LogP contribution in [0.3, 0.4) is 0 Å².